The van der Waals surface area contributed by atoms with E-state index in [0.29, 0.717) is 5.95 Å². The number of hydrogen-bond donors (Lipinski definition) is 1. The van der Waals surface area contributed by atoms with Crippen LogP contribution in [-0.4, -0.2) is 34.4 Å². The zero-order chi connectivity index (χ0) is 13.5. The topological polar surface area (TPSA) is 51.5 Å². The molecule has 0 atom stereocenters. The molecular weight excluding hydrogens is 240 g/mol. The van der Waals surface area contributed by atoms with Crippen LogP contribution in [-0.2, 0) is 4.74 Å². The van der Waals surface area contributed by atoms with E-state index in [1.165, 1.54) is 12.0 Å². The SMILES string of the molecule is CCCCOCCCNc1nc2cc(C)ccn2n1. The quantitative estimate of drug-likeness (QED) is 0.743. The van der Waals surface area contributed by atoms with Gasteiger partial charge in [-0.05, 0) is 37.5 Å². The second-order valence-corrected chi connectivity index (χ2v) is 4.69. The number of nitrogens with zero attached hydrogens (tertiary/aromatic N) is 3. The highest BCUT2D eigenvalue weighted by Gasteiger charge is 2.02. The van der Waals surface area contributed by atoms with Crippen molar-refractivity contribution in [2.45, 2.75) is 33.1 Å². The number of anilines is 1. The van der Waals surface area contributed by atoms with Gasteiger partial charge in [0, 0.05) is 26.0 Å². The summed E-state index contributed by atoms with van der Waals surface area (Å²) in [6.45, 7) is 6.71. The number of aromatic nitrogens is 3. The summed E-state index contributed by atoms with van der Waals surface area (Å²) in [7, 11) is 0. The molecule has 2 heterocycles. The van der Waals surface area contributed by atoms with Crippen LogP contribution in [0.1, 0.15) is 31.7 Å². The largest absolute Gasteiger partial charge is 0.381 e. The summed E-state index contributed by atoms with van der Waals surface area (Å²) in [5.74, 6) is 0.680. The molecule has 0 fully saturated rings. The van der Waals surface area contributed by atoms with Gasteiger partial charge in [-0.3, -0.25) is 0 Å². The molecule has 0 saturated carbocycles. The minimum atomic E-state index is 0.680. The lowest BCUT2D eigenvalue weighted by molar-refractivity contribution is 0.131. The molecule has 104 valence electrons. The van der Waals surface area contributed by atoms with E-state index in [1.807, 2.05) is 18.3 Å². The summed E-state index contributed by atoms with van der Waals surface area (Å²) in [6.07, 6.45) is 5.22. The summed E-state index contributed by atoms with van der Waals surface area (Å²) < 4.78 is 7.29. The summed E-state index contributed by atoms with van der Waals surface area (Å²) >= 11 is 0. The first kappa shape index (κ1) is 13.8. The van der Waals surface area contributed by atoms with Crippen molar-refractivity contribution in [1.29, 1.82) is 0 Å². The zero-order valence-corrected chi connectivity index (χ0v) is 11.7. The van der Waals surface area contributed by atoms with Crippen LogP contribution in [0.2, 0.25) is 0 Å². The van der Waals surface area contributed by atoms with Gasteiger partial charge in [-0.2, -0.15) is 4.98 Å². The molecule has 0 aliphatic heterocycles. The van der Waals surface area contributed by atoms with E-state index >= 15 is 0 Å². The summed E-state index contributed by atoms with van der Waals surface area (Å²) in [5, 5.41) is 7.58. The molecule has 0 aliphatic carbocycles. The number of pyridine rings is 1. The fourth-order valence-electron chi connectivity index (χ4n) is 1.78. The molecule has 0 bridgehead atoms. The van der Waals surface area contributed by atoms with Crippen LogP contribution in [0.15, 0.2) is 18.3 Å². The van der Waals surface area contributed by atoms with Crippen LogP contribution < -0.4 is 5.32 Å². The second kappa shape index (κ2) is 7.09. The molecule has 0 spiro atoms. The third-order valence-electron chi connectivity index (χ3n) is 2.88. The molecule has 5 nitrogen and oxygen atoms in total. The lowest BCUT2D eigenvalue weighted by Gasteiger charge is -2.03. The molecule has 0 aliphatic rings. The van der Waals surface area contributed by atoms with Gasteiger partial charge in [0.1, 0.15) is 0 Å². The Balaban J connectivity index is 1.72. The predicted molar refractivity (Wildman–Crippen MR) is 76.6 cm³/mol. The minimum absolute atomic E-state index is 0.680. The maximum atomic E-state index is 5.50. The number of unbranched alkanes of at least 4 members (excludes halogenated alkanes) is 1. The van der Waals surface area contributed by atoms with E-state index in [9.17, 15) is 0 Å². The molecule has 0 radical (unpaired) electrons. The first-order chi connectivity index (χ1) is 9.29. The normalized spacial score (nSPS) is 11.1. The molecule has 2 aromatic heterocycles. The Labute approximate surface area is 114 Å². The van der Waals surface area contributed by atoms with Gasteiger partial charge in [-0.25, -0.2) is 4.52 Å². The molecule has 0 saturated heterocycles. The molecular formula is C14H22N4O. The summed E-state index contributed by atoms with van der Waals surface area (Å²) in [6, 6.07) is 4.04. The van der Waals surface area contributed by atoms with Crippen LogP contribution in [0.3, 0.4) is 0 Å². The van der Waals surface area contributed by atoms with E-state index in [-0.39, 0.29) is 0 Å². The number of fused-ring (bicyclic) bond motifs is 1. The Bertz CT molecular complexity index is 509. The van der Waals surface area contributed by atoms with Gasteiger partial charge in [0.2, 0.25) is 5.95 Å². The molecule has 2 rings (SSSR count). The molecule has 19 heavy (non-hydrogen) atoms. The van der Waals surface area contributed by atoms with Gasteiger partial charge in [-0.15, -0.1) is 5.10 Å². The first-order valence-electron chi connectivity index (χ1n) is 6.94. The van der Waals surface area contributed by atoms with Gasteiger partial charge in [0.25, 0.3) is 0 Å². The van der Waals surface area contributed by atoms with Gasteiger partial charge in [0.05, 0.1) is 0 Å². The molecule has 1 N–H and O–H groups in total. The standard InChI is InChI=1S/C14H22N4O/c1-3-4-9-19-10-5-7-15-14-16-13-11-12(2)6-8-18(13)17-14/h6,8,11H,3-5,7,9-10H2,1-2H3,(H,15,17). The highest BCUT2D eigenvalue weighted by molar-refractivity contribution is 5.45. The van der Waals surface area contributed by atoms with E-state index in [2.05, 4.69) is 29.2 Å². The Hall–Kier alpha value is -1.62. The van der Waals surface area contributed by atoms with E-state index < -0.39 is 0 Å². The molecule has 0 aromatic carbocycles. The smallest absolute Gasteiger partial charge is 0.243 e. The minimum Gasteiger partial charge on any atom is -0.381 e. The van der Waals surface area contributed by atoms with Gasteiger partial charge < -0.3 is 10.1 Å². The lowest BCUT2D eigenvalue weighted by atomic mass is 10.3. The van der Waals surface area contributed by atoms with Crippen molar-refractivity contribution < 1.29 is 4.74 Å². The molecule has 0 amide bonds. The number of hydrogen-bond acceptors (Lipinski definition) is 4. The Morgan fingerprint density at radius 1 is 1.32 bits per heavy atom. The van der Waals surface area contributed by atoms with Gasteiger partial charge >= 0.3 is 0 Å². The highest BCUT2D eigenvalue weighted by Crippen LogP contribution is 2.07. The number of rotatable bonds is 8. The Kier molecular flexibility index (Phi) is 5.15. The Morgan fingerprint density at radius 2 is 2.16 bits per heavy atom. The third-order valence-corrected chi connectivity index (χ3v) is 2.88. The third kappa shape index (κ3) is 4.21. The predicted octanol–water partition coefficient (Wildman–Crippen LogP) is 2.66. The zero-order valence-electron chi connectivity index (χ0n) is 11.7. The summed E-state index contributed by atoms with van der Waals surface area (Å²) in [5.41, 5.74) is 2.07. The van der Waals surface area contributed by atoms with Gasteiger partial charge in [0.15, 0.2) is 5.65 Å². The van der Waals surface area contributed by atoms with E-state index in [4.69, 9.17) is 4.74 Å². The molecule has 5 heteroatoms. The number of nitrogens with one attached hydrogen (secondary N) is 1. The van der Waals surface area contributed by atoms with Crippen LogP contribution in [0, 0.1) is 6.92 Å². The Morgan fingerprint density at radius 3 is 3.00 bits per heavy atom. The molecule has 2 aromatic rings. The summed E-state index contributed by atoms with van der Waals surface area (Å²) in [4.78, 5) is 4.42. The van der Waals surface area contributed by atoms with E-state index in [0.717, 1.165) is 38.2 Å². The fraction of sp³-hybridized carbons (Fsp3) is 0.571. The fourth-order valence-corrected chi connectivity index (χ4v) is 1.78. The van der Waals surface area contributed by atoms with Crippen molar-refractivity contribution in [2.75, 3.05) is 25.1 Å². The average molecular weight is 262 g/mol. The van der Waals surface area contributed by atoms with Crippen LogP contribution in [0.25, 0.3) is 5.65 Å². The first-order valence-corrected chi connectivity index (χ1v) is 6.94. The average Bonchev–Trinajstić information content (AvgIpc) is 2.79. The van der Waals surface area contributed by atoms with Gasteiger partial charge in [-0.1, -0.05) is 13.3 Å². The monoisotopic (exact) mass is 262 g/mol. The van der Waals surface area contributed by atoms with Crippen LogP contribution in [0.5, 0.6) is 0 Å². The van der Waals surface area contributed by atoms with Crippen molar-refractivity contribution >= 4 is 11.6 Å². The maximum Gasteiger partial charge on any atom is 0.243 e. The maximum absolute atomic E-state index is 5.50. The van der Waals surface area contributed by atoms with Crippen molar-refractivity contribution in [3.8, 4) is 0 Å². The van der Waals surface area contributed by atoms with Crippen molar-refractivity contribution in [3.63, 3.8) is 0 Å². The van der Waals surface area contributed by atoms with Crippen molar-refractivity contribution in [3.05, 3.63) is 23.9 Å². The number of ether oxygens (including phenoxy) is 1. The molecule has 0 unspecified atom stereocenters. The lowest BCUT2D eigenvalue weighted by Crippen LogP contribution is -2.07. The van der Waals surface area contributed by atoms with Crippen molar-refractivity contribution in [1.82, 2.24) is 14.6 Å². The van der Waals surface area contributed by atoms with E-state index in [1.54, 1.807) is 4.52 Å². The van der Waals surface area contributed by atoms with Crippen molar-refractivity contribution in [2.24, 2.45) is 0 Å². The van der Waals surface area contributed by atoms with Crippen LogP contribution in [0.4, 0.5) is 5.95 Å². The van der Waals surface area contributed by atoms with Crippen LogP contribution >= 0.6 is 0 Å². The highest BCUT2D eigenvalue weighted by atomic mass is 16.5. The number of aryl methyl sites for hydroxylation is 1. The second-order valence-electron chi connectivity index (χ2n) is 4.69.